The molecule has 0 aromatic carbocycles. The first-order valence-electron chi connectivity index (χ1n) is 8.31. The molecule has 0 aliphatic carbocycles. The van der Waals surface area contributed by atoms with E-state index < -0.39 is 0 Å². The second kappa shape index (κ2) is 7.95. The smallest absolute Gasteiger partial charge is 0.220 e. The Kier molecular flexibility index (Phi) is 5.67. The van der Waals surface area contributed by atoms with Crippen molar-refractivity contribution in [3.05, 3.63) is 29.6 Å². The minimum absolute atomic E-state index is 0.367. The van der Waals surface area contributed by atoms with Crippen LogP contribution in [0.2, 0.25) is 0 Å². The molecule has 0 bridgehead atoms. The van der Waals surface area contributed by atoms with Crippen molar-refractivity contribution in [2.75, 3.05) is 30.9 Å². The Hall–Kier alpha value is -1.96. The summed E-state index contributed by atoms with van der Waals surface area (Å²) in [5.74, 6) is 1.12. The molecule has 8 heteroatoms. The highest BCUT2D eigenvalue weighted by Gasteiger charge is 2.23. The summed E-state index contributed by atoms with van der Waals surface area (Å²) in [6, 6.07) is 0. The van der Waals surface area contributed by atoms with Gasteiger partial charge in [-0.05, 0) is 38.9 Å². The Balaban J connectivity index is 1.57. The second-order valence-electron chi connectivity index (χ2n) is 6.16. The van der Waals surface area contributed by atoms with Gasteiger partial charge in [-0.15, -0.1) is 0 Å². The third-order valence-corrected chi connectivity index (χ3v) is 5.07. The van der Waals surface area contributed by atoms with E-state index in [9.17, 15) is 4.39 Å². The van der Waals surface area contributed by atoms with E-state index in [4.69, 9.17) is 4.74 Å². The van der Waals surface area contributed by atoms with Crippen molar-refractivity contribution >= 4 is 17.6 Å². The number of piperidine rings is 1. The highest BCUT2D eigenvalue weighted by atomic mass is 32.2. The van der Waals surface area contributed by atoms with E-state index in [0.717, 1.165) is 42.3 Å². The van der Waals surface area contributed by atoms with Crippen LogP contribution in [0.3, 0.4) is 0 Å². The average molecular weight is 363 g/mol. The van der Waals surface area contributed by atoms with Crippen LogP contribution < -0.4 is 9.64 Å². The van der Waals surface area contributed by atoms with Gasteiger partial charge in [-0.3, -0.25) is 0 Å². The molecular weight excluding hydrogens is 341 g/mol. The van der Waals surface area contributed by atoms with Crippen LogP contribution in [-0.2, 0) is 0 Å². The fraction of sp³-hybridized carbons (Fsp3) is 0.529. The van der Waals surface area contributed by atoms with Gasteiger partial charge < -0.3 is 9.64 Å². The quantitative estimate of drug-likeness (QED) is 0.597. The summed E-state index contributed by atoms with van der Waals surface area (Å²) in [6.07, 6.45) is 6.41. The Bertz CT molecular complexity index is 737. The zero-order valence-electron chi connectivity index (χ0n) is 14.7. The molecule has 3 heterocycles. The van der Waals surface area contributed by atoms with E-state index in [0.29, 0.717) is 24.2 Å². The number of aryl methyl sites for hydroxylation is 1. The van der Waals surface area contributed by atoms with Gasteiger partial charge in [0.1, 0.15) is 6.33 Å². The molecule has 6 nitrogen and oxygen atoms in total. The van der Waals surface area contributed by atoms with Crippen molar-refractivity contribution in [2.45, 2.75) is 31.8 Å². The third kappa shape index (κ3) is 4.18. The summed E-state index contributed by atoms with van der Waals surface area (Å²) in [5.41, 5.74) is 1.93. The normalized spacial score (nSPS) is 15.4. The maximum absolute atomic E-state index is 13.8. The Morgan fingerprint density at radius 1 is 1.28 bits per heavy atom. The van der Waals surface area contributed by atoms with Crippen LogP contribution in [-0.4, -0.2) is 45.9 Å². The highest BCUT2D eigenvalue weighted by molar-refractivity contribution is 7.98. The van der Waals surface area contributed by atoms with Gasteiger partial charge >= 0.3 is 0 Å². The molecule has 0 spiro atoms. The van der Waals surface area contributed by atoms with E-state index in [1.54, 1.807) is 0 Å². The average Bonchev–Trinajstić information content (AvgIpc) is 2.64. The molecule has 25 heavy (non-hydrogen) atoms. The monoisotopic (exact) mass is 363 g/mol. The van der Waals surface area contributed by atoms with Crippen molar-refractivity contribution in [3.8, 4) is 5.88 Å². The first-order valence-corrected chi connectivity index (χ1v) is 9.53. The minimum Gasteiger partial charge on any atom is -0.477 e. The molecular formula is C17H22FN5OS. The SMILES string of the molecule is CSc1nc(C)c(C)c(OCC2CCN(c3ncncc3F)CC2)n1. The largest absolute Gasteiger partial charge is 0.477 e. The van der Waals surface area contributed by atoms with E-state index in [-0.39, 0.29) is 5.82 Å². The van der Waals surface area contributed by atoms with Gasteiger partial charge in [0, 0.05) is 24.3 Å². The molecule has 1 fully saturated rings. The number of halogens is 1. The lowest BCUT2D eigenvalue weighted by Crippen LogP contribution is -2.36. The van der Waals surface area contributed by atoms with E-state index in [1.807, 2.05) is 25.0 Å². The molecule has 0 atom stereocenters. The van der Waals surface area contributed by atoms with Crippen LogP contribution in [0.5, 0.6) is 5.88 Å². The molecule has 2 aromatic rings. The summed E-state index contributed by atoms with van der Waals surface area (Å²) in [7, 11) is 0. The molecule has 2 aromatic heterocycles. The number of aromatic nitrogens is 4. The van der Waals surface area contributed by atoms with Crippen molar-refractivity contribution in [1.29, 1.82) is 0 Å². The number of ether oxygens (including phenoxy) is 1. The maximum Gasteiger partial charge on any atom is 0.220 e. The molecule has 134 valence electrons. The maximum atomic E-state index is 13.8. The Morgan fingerprint density at radius 3 is 2.72 bits per heavy atom. The zero-order chi connectivity index (χ0) is 17.8. The summed E-state index contributed by atoms with van der Waals surface area (Å²) in [4.78, 5) is 18.6. The molecule has 1 aliphatic rings. The van der Waals surface area contributed by atoms with E-state index in [1.165, 1.54) is 24.3 Å². The van der Waals surface area contributed by atoms with Gasteiger partial charge in [0.25, 0.3) is 0 Å². The van der Waals surface area contributed by atoms with Crippen LogP contribution >= 0.6 is 11.8 Å². The van der Waals surface area contributed by atoms with Crippen LogP contribution in [0.15, 0.2) is 17.7 Å². The molecule has 0 radical (unpaired) electrons. The second-order valence-corrected chi connectivity index (χ2v) is 6.93. The van der Waals surface area contributed by atoms with Crippen molar-refractivity contribution in [1.82, 2.24) is 19.9 Å². The highest BCUT2D eigenvalue weighted by Crippen LogP contribution is 2.26. The first-order chi connectivity index (χ1) is 12.1. The number of anilines is 1. The molecule has 1 saturated heterocycles. The summed E-state index contributed by atoms with van der Waals surface area (Å²) in [5, 5.41) is 0.729. The topological polar surface area (TPSA) is 64.0 Å². The predicted molar refractivity (Wildman–Crippen MR) is 95.7 cm³/mol. The Labute approximate surface area is 151 Å². The number of hydrogen-bond donors (Lipinski definition) is 0. The fourth-order valence-electron chi connectivity index (χ4n) is 2.86. The molecule has 0 amide bonds. The van der Waals surface area contributed by atoms with E-state index in [2.05, 4.69) is 19.9 Å². The van der Waals surface area contributed by atoms with Crippen LogP contribution in [0.4, 0.5) is 10.2 Å². The number of rotatable bonds is 5. The molecule has 3 rings (SSSR count). The number of thioether (sulfide) groups is 1. The molecule has 0 saturated carbocycles. The minimum atomic E-state index is -0.367. The standard InChI is InChI=1S/C17H22FN5OS/c1-11-12(2)21-17(25-3)22-16(11)24-9-13-4-6-23(7-5-13)15-14(18)8-19-10-20-15/h8,10,13H,4-7,9H2,1-3H3. The van der Waals surface area contributed by atoms with Gasteiger partial charge in [-0.2, -0.15) is 4.98 Å². The fourth-order valence-corrected chi connectivity index (χ4v) is 3.26. The summed E-state index contributed by atoms with van der Waals surface area (Å²) in [6.45, 7) is 6.10. The lowest BCUT2D eigenvalue weighted by Gasteiger charge is -2.32. The lowest BCUT2D eigenvalue weighted by atomic mass is 9.98. The summed E-state index contributed by atoms with van der Waals surface area (Å²) >= 11 is 1.51. The van der Waals surface area contributed by atoms with Crippen LogP contribution in [0.1, 0.15) is 24.1 Å². The molecule has 0 unspecified atom stereocenters. The number of nitrogens with zero attached hydrogens (tertiary/aromatic N) is 5. The van der Waals surface area contributed by atoms with Crippen molar-refractivity contribution < 1.29 is 9.13 Å². The van der Waals surface area contributed by atoms with Gasteiger partial charge in [0.2, 0.25) is 5.88 Å². The first kappa shape index (κ1) is 17.8. The predicted octanol–water partition coefficient (Wildman–Crippen LogP) is 3.04. The van der Waals surface area contributed by atoms with Gasteiger partial charge in [-0.1, -0.05) is 11.8 Å². The third-order valence-electron chi connectivity index (χ3n) is 4.52. The lowest BCUT2D eigenvalue weighted by molar-refractivity contribution is 0.212. The molecule has 1 aliphatic heterocycles. The Morgan fingerprint density at radius 2 is 2.04 bits per heavy atom. The number of hydrogen-bond acceptors (Lipinski definition) is 7. The van der Waals surface area contributed by atoms with Crippen molar-refractivity contribution in [3.63, 3.8) is 0 Å². The zero-order valence-corrected chi connectivity index (χ0v) is 15.5. The van der Waals surface area contributed by atoms with Crippen molar-refractivity contribution in [2.24, 2.45) is 5.92 Å². The van der Waals surface area contributed by atoms with Crippen LogP contribution in [0.25, 0.3) is 0 Å². The van der Waals surface area contributed by atoms with Crippen LogP contribution in [0, 0.1) is 25.6 Å². The van der Waals surface area contributed by atoms with E-state index >= 15 is 0 Å². The molecule has 0 N–H and O–H groups in total. The van der Waals surface area contributed by atoms with Gasteiger partial charge in [-0.25, -0.2) is 19.3 Å². The van der Waals surface area contributed by atoms with Gasteiger partial charge in [0.05, 0.1) is 12.8 Å². The van der Waals surface area contributed by atoms with Gasteiger partial charge in [0.15, 0.2) is 16.8 Å². The summed E-state index contributed by atoms with van der Waals surface area (Å²) < 4.78 is 19.8.